The molecule has 0 aliphatic heterocycles. The van der Waals surface area contributed by atoms with Gasteiger partial charge in [-0.15, -0.1) is 0 Å². The summed E-state index contributed by atoms with van der Waals surface area (Å²) in [6.07, 6.45) is -9.03. The van der Waals surface area contributed by atoms with E-state index in [0.717, 1.165) is 18.2 Å². The van der Waals surface area contributed by atoms with Crippen LogP contribution in [0.4, 0.5) is 26.3 Å². The minimum atomic E-state index is -4.58. The third kappa shape index (κ3) is 3.65. The van der Waals surface area contributed by atoms with Gasteiger partial charge < -0.3 is 0 Å². The summed E-state index contributed by atoms with van der Waals surface area (Å²) in [7, 11) is 0. The summed E-state index contributed by atoms with van der Waals surface area (Å²) in [6.45, 7) is 0. The molecular formula is C16H9F6N3. The predicted molar refractivity (Wildman–Crippen MR) is 77.3 cm³/mol. The maximum atomic E-state index is 12.6. The molecular weight excluding hydrogens is 348 g/mol. The molecule has 0 atom stereocenters. The van der Waals surface area contributed by atoms with Crippen LogP contribution in [0.2, 0.25) is 0 Å². The Morgan fingerprint density at radius 3 is 1.96 bits per heavy atom. The van der Waals surface area contributed by atoms with Crippen LogP contribution in [0.1, 0.15) is 11.3 Å². The van der Waals surface area contributed by atoms with E-state index in [-0.39, 0.29) is 11.4 Å². The molecule has 0 unspecified atom stereocenters. The minimum Gasteiger partial charge on any atom is -0.276 e. The number of halogens is 6. The average molecular weight is 357 g/mol. The van der Waals surface area contributed by atoms with Gasteiger partial charge in [-0.25, -0.2) is 4.98 Å². The molecule has 3 aromatic rings. The molecule has 0 amide bonds. The Balaban J connectivity index is 1.93. The molecule has 9 heteroatoms. The standard InChI is InChI=1S/C16H9F6N3/c17-15(18,19)10-6-4-9(5-7-10)11-2-1-3-12(23-11)13-8-14(25-24-13)16(20,21)22/h1-8H,(H,24,25). The maximum absolute atomic E-state index is 12.6. The normalized spacial score (nSPS) is 12.4. The van der Waals surface area contributed by atoms with Gasteiger partial charge in [-0.1, -0.05) is 18.2 Å². The fourth-order valence-corrected chi connectivity index (χ4v) is 2.17. The molecule has 0 bridgehead atoms. The first kappa shape index (κ1) is 17.0. The van der Waals surface area contributed by atoms with Crippen LogP contribution in [-0.4, -0.2) is 15.2 Å². The second-order valence-electron chi connectivity index (χ2n) is 5.15. The number of benzene rings is 1. The van der Waals surface area contributed by atoms with Gasteiger partial charge in [0.05, 0.1) is 22.6 Å². The Hall–Kier alpha value is -2.84. The van der Waals surface area contributed by atoms with Crippen molar-refractivity contribution in [2.45, 2.75) is 12.4 Å². The van der Waals surface area contributed by atoms with Crippen molar-refractivity contribution in [1.82, 2.24) is 15.2 Å². The van der Waals surface area contributed by atoms with Gasteiger partial charge in [-0.05, 0) is 30.3 Å². The molecule has 0 fully saturated rings. The van der Waals surface area contributed by atoms with Gasteiger partial charge >= 0.3 is 12.4 Å². The number of aromatic nitrogens is 3. The van der Waals surface area contributed by atoms with E-state index in [4.69, 9.17) is 0 Å². The highest BCUT2D eigenvalue weighted by Crippen LogP contribution is 2.32. The summed E-state index contributed by atoms with van der Waals surface area (Å²) in [5, 5.41) is 5.44. The molecule has 1 N–H and O–H groups in total. The van der Waals surface area contributed by atoms with Crippen molar-refractivity contribution < 1.29 is 26.3 Å². The van der Waals surface area contributed by atoms with Gasteiger partial charge in [-0.3, -0.25) is 5.10 Å². The average Bonchev–Trinajstić information content (AvgIpc) is 3.05. The number of rotatable bonds is 2. The summed E-state index contributed by atoms with van der Waals surface area (Å²) in [4.78, 5) is 4.18. The van der Waals surface area contributed by atoms with Crippen molar-refractivity contribution in [2.24, 2.45) is 0 Å². The number of alkyl halides is 6. The van der Waals surface area contributed by atoms with E-state index >= 15 is 0 Å². The van der Waals surface area contributed by atoms with E-state index in [1.165, 1.54) is 18.2 Å². The van der Waals surface area contributed by atoms with Gasteiger partial charge in [0.15, 0.2) is 5.69 Å². The Bertz CT molecular complexity index is 878. The number of hydrogen-bond acceptors (Lipinski definition) is 2. The smallest absolute Gasteiger partial charge is 0.276 e. The topological polar surface area (TPSA) is 41.6 Å². The van der Waals surface area contributed by atoms with Gasteiger partial charge in [0, 0.05) is 5.56 Å². The SMILES string of the molecule is FC(F)(F)c1ccc(-c2cccc(-c3cc(C(F)(F)F)n[nH]3)n2)cc1. The molecule has 1 aromatic carbocycles. The molecule has 0 aliphatic rings. The summed E-state index contributed by atoms with van der Waals surface area (Å²) < 4.78 is 75.6. The summed E-state index contributed by atoms with van der Waals surface area (Å²) in [5.74, 6) is 0. The first-order valence-electron chi connectivity index (χ1n) is 6.92. The van der Waals surface area contributed by atoms with Crippen LogP contribution in [-0.2, 0) is 12.4 Å². The van der Waals surface area contributed by atoms with Crippen LogP contribution < -0.4 is 0 Å². The molecule has 0 saturated carbocycles. The van der Waals surface area contributed by atoms with E-state index in [1.54, 1.807) is 12.1 Å². The van der Waals surface area contributed by atoms with Gasteiger partial charge in [0.2, 0.25) is 0 Å². The molecule has 0 aliphatic carbocycles. The van der Waals surface area contributed by atoms with E-state index < -0.39 is 23.6 Å². The van der Waals surface area contributed by atoms with Gasteiger partial charge in [0.25, 0.3) is 0 Å². The first-order valence-corrected chi connectivity index (χ1v) is 6.92. The van der Waals surface area contributed by atoms with Crippen LogP contribution in [0, 0.1) is 0 Å². The Morgan fingerprint density at radius 1 is 0.760 bits per heavy atom. The summed E-state index contributed by atoms with van der Waals surface area (Å²) in [6, 6.07) is 9.73. The fraction of sp³-hybridized carbons (Fsp3) is 0.125. The van der Waals surface area contributed by atoms with Crippen molar-refractivity contribution >= 4 is 0 Å². The lowest BCUT2D eigenvalue weighted by Gasteiger charge is -2.08. The van der Waals surface area contributed by atoms with E-state index in [1.807, 2.05) is 0 Å². The van der Waals surface area contributed by atoms with Crippen LogP contribution in [0.3, 0.4) is 0 Å². The Labute approximate surface area is 137 Å². The molecule has 25 heavy (non-hydrogen) atoms. The van der Waals surface area contributed by atoms with Crippen molar-refractivity contribution in [2.75, 3.05) is 0 Å². The zero-order valence-electron chi connectivity index (χ0n) is 12.3. The van der Waals surface area contributed by atoms with Crippen LogP contribution in [0.25, 0.3) is 22.6 Å². The second kappa shape index (κ2) is 5.91. The largest absolute Gasteiger partial charge is 0.435 e. The molecule has 0 spiro atoms. The van der Waals surface area contributed by atoms with Crippen LogP contribution in [0.5, 0.6) is 0 Å². The fourth-order valence-electron chi connectivity index (χ4n) is 2.17. The zero-order chi connectivity index (χ0) is 18.2. The number of nitrogens with one attached hydrogen (secondary N) is 1. The van der Waals surface area contributed by atoms with Crippen LogP contribution in [0.15, 0.2) is 48.5 Å². The van der Waals surface area contributed by atoms with Crippen molar-refractivity contribution in [1.29, 1.82) is 0 Å². The first-order chi connectivity index (χ1) is 11.6. The van der Waals surface area contributed by atoms with E-state index in [2.05, 4.69) is 15.2 Å². The minimum absolute atomic E-state index is 0.0566. The number of H-pyrrole nitrogens is 1. The zero-order valence-corrected chi connectivity index (χ0v) is 12.3. The predicted octanol–water partition coefficient (Wildman–Crippen LogP) is 5.18. The number of pyridine rings is 1. The van der Waals surface area contributed by atoms with E-state index in [0.29, 0.717) is 11.3 Å². The highest BCUT2D eigenvalue weighted by molar-refractivity contribution is 5.64. The number of aromatic amines is 1. The Morgan fingerprint density at radius 2 is 1.40 bits per heavy atom. The monoisotopic (exact) mass is 357 g/mol. The highest BCUT2D eigenvalue weighted by Gasteiger charge is 2.34. The number of nitrogens with zero attached hydrogens (tertiary/aromatic N) is 2. The third-order valence-corrected chi connectivity index (χ3v) is 3.40. The van der Waals surface area contributed by atoms with Crippen molar-refractivity contribution in [3.05, 3.63) is 59.8 Å². The molecule has 0 radical (unpaired) electrons. The highest BCUT2D eigenvalue weighted by atomic mass is 19.4. The van der Waals surface area contributed by atoms with Gasteiger partial charge in [-0.2, -0.15) is 31.4 Å². The van der Waals surface area contributed by atoms with Crippen molar-refractivity contribution in [3.8, 4) is 22.6 Å². The lowest BCUT2D eigenvalue weighted by molar-refractivity contribution is -0.141. The van der Waals surface area contributed by atoms with E-state index in [9.17, 15) is 26.3 Å². The third-order valence-electron chi connectivity index (χ3n) is 3.40. The van der Waals surface area contributed by atoms with Gasteiger partial charge in [0.1, 0.15) is 0 Å². The Kier molecular flexibility index (Phi) is 4.02. The summed E-state index contributed by atoms with van der Waals surface area (Å²) in [5.41, 5.74) is -0.888. The molecule has 0 saturated heterocycles. The summed E-state index contributed by atoms with van der Waals surface area (Å²) >= 11 is 0. The second-order valence-corrected chi connectivity index (χ2v) is 5.15. The molecule has 2 aromatic heterocycles. The van der Waals surface area contributed by atoms with Crippen molar-refractivity contribution in [3.63, 3.8) is 0 Å². The maximum Gasteiger partial charge on any atom is 0.435 e. The quantitative estimate of drug-likeness (QED) is 0.643. The molecule has 3 nitrogen and oxygen atoms in total. The lowest BCUT2D eigenvalue weighted by Crippen LogP contribution is -2.04. The van der Waals surface area contributed by atoms with Crippen LogP contribution >= 0.6 is 0 Å². The lowest BCUT2D eigenvalue weighted by atomic mass is 10.1. The molecule has 3 rings (SSSR count). The molecule has 130 valence electrons. The molecule has 2 heterocycles. The number of hydrogen-bond donors (Lipinski definition) is 1.